The van der Waals surface area contributed by atoms with Crippen molar-refractivity contribution >= 4 is 0 Å². The van der Waals surface area contributed by atoms with E-state index in [1.807, 2.05) is 12.2 Å². The molecule has 0 aliphatic rings. The molecule has 0 bridgehead atoms. The number of hydrogen-bond donors (Lipinski definition) is 0. The fourth-order valence-electron chi connectivity index (χ4n) is 1.98. The fraction of sp³-hybridized carbons (Fsp3) is 0.889. The third-order valence-electron chi connectivity index (χ3n) is 3.27. The Hall–Kier alpha value is -0.420. The second-order valence-electron chi connectivity index (χ2n) is 5.44. The third-order valence-corrected chi connectivity index (χ3v) is 3.27. The standard InChI is InChI=1S/C18H36O4/c1-4-6-8-10-15-21-18(13-12-14-20-17-19-3)22-16-11-9-7-5-2/h12-13,18H,4-11,14-17H2,1-3H3. The first-order valence-electron chi connectivity index (χ1n) is 8.81. The molecule has 0 rings (SSSR count). The van der Waals surface area contributed by atoms with E-state index < -0.39 is 0 Å². The SMILES string of the molecule is CCCCCCOC(C=CCOCOC)OCCCCCC. The van der Waals surface area contributed by atoms with Crippen LogP contribution in [0.15, 0.2) is 12.2 Å². The lowest BCUT2D eigenvalue weighted by molar-refractivity contribution is -0.113. The summed E-state index contributed by atoms with van der Waals surface area (Å²) in [6.07, 6.45) is 13.3. The molecule has 4 heteroatoms. The number of methoxy groups -OCH3 is 1. The zero-order chi connectivity index (χ0) is 16.3. The molecule has 132 valence electrons. The maximum absolute atomic E-state index is 5.81. The Kier molecular flexibility index (Phi) is 18.3. The first-order valence-corrected chi connectivity index (χ1v) is 8.81. The van der Waals surface area contributed by atoms with Crippen molar-refractivity contribution in [2.45, 2.75) is 71.5 Å². The molecule has 0 aliphatic heterocycles. The van der Waals surface area contributed by atoms with Gasteiger partial charge in [0.15, 0.2) is 6.29 Å². The first-order chi connectivity index (χ1) is 10.8. The van der Waals surface area contributed by atoms with Crippen LogP contribution in [-0.2, 0) is 18.9 Å². The largest absolute Gasteiger partial charge is 0.359 e. The summed E-state index contributed by atoms with van der Waals surface area (Å²) in [5.41, 5.74) is 0. The lowest BCUT2D eigenvalue weighted by atomic mass is 10.2. The van der Waals surface area contributed by atoms with Gasteiger partial charge in [-0.15, -0.1) is 0 Å². The molecule has 0 aromatic heterocycles. The van der Waals surface area contributed by atoms with E-state index in [4.69, 9.17) is 18.9 Å². The van der Waals surface area contributed by atoms with Crippen LogP contribution in [0.25, 0.3) is 0 Å². The number of unbranched alkanes of at least 4 members (excludes halogenated alkanes) is 6. The van der Waals surface area contributed by atoms with Gasteiger partial charge in [-0.3, -0.25) is 0 Å². The maximum Gasteiger partial charge on any atom is 0.176 e. The zero-order valence-corrected chi connectivity index (χ0v) is 14.9. The van der Waals surface area contributed by atoms with Crippen LogP contribution in [0.2, 0.25) is 0 Å². The van der Waals surface area contributed by atoms with Gasteiger partial charge >= 0.3 is 0 Å². The van der Waals surface area contributed by atoms with Crippen molar-refractivity contribution in [3.05, 3.63) is 12.2 Å². The molecule has 0 N–H and O–H groups in total. The Bertz CT molecular complexity index is 217. The van der Waals surface area contributed by atoms with Crippen molar-refractivity contribution in [1.29, 1.82) is 0 Å². The maximum atomic E-state index is 5.81. The second kappa shape index (κ2) is 18.6. The van der Waals surface area contributed by atoms with E-state index in [9.17, 15) is 0 Å². The zero-order valence-electron chi connectivity index (χ0n) is 14.9. The van der Waals surface area contributed by atoms with Gasteiger partial charge in [0.05, 0.1) is 19.8 Å². The highest BCUT2D eigenvalue weighted by atomic mass is 16.7. The highest BCUT2D eigenvalue weighted by Gasteiger charge is 2.04. The predicted molar refractivity (Wildman–Crippen MR) is 90.9 cm³/mol. The van der Waals surface area contributed by atoms with Crippen molar-refractivity contribution in [1.82, 2.24) is 0 Å². The molecule has 0 unspecified atom stereocenters. The highest BCUT2D eigenvalue weighted by molar-refractivity contribution is 4.85. The fourth-order valence-corrected chi connectivity index (χ4v) is 1.98. The summed E-state index contributed by atoms with van der Waals surface area (Å²) in [7, 11) is 1.62. The minimum Gasteiger partial charge on any atom is -0.359 e. The van der Waals surface area contributed by atoms with Crippen molar-refractivity contribution in [2.24, 2.45) is 0 Å². The Morgan fingerprint density at radius 1 is 0.818 bits per heavy atom. The highest BCUT2D eigenvalue weighted by Crippen LogP contribution is 2.06. The van der Waals surface area contributed by atoms with E-state index in [1.165, 1.54) is 38.5 Å². The summed E-state index contributed by atoms with van der Waals surface area (Å²) in [5.74, 6) is 0. The molecular weight excluding hydrogens is 280 g/mol. The van der Waals surface area contributed by atoms with Gasteiger partial charge < -0.3 is 18.9 Å². The Balaban J connectivity index is 3.86. The van der Waals surface area contributed by atoms with E-state index in [0.29, 0.717) is 13.4 Å². The Morgan fingerprint density at radius 2 is 1.41 bits per heavy atom. The summed E-state index contributed by atoms with van der Waals surface area (Å²) in [4.78, 5) is 0. The molecule has 0 fully saturated rings. The molecule has 0 spiro atoms. The molecule has 22 heavy (non-hydrogen) atoms. The lowest BCUT2D eigenvalue weighted by Gasteiger charge is -2.15. The van der Waals surface area contributed by atoms with Crippen molar-refractivity contribution < 1.29 is 18.9 Å². The minimum atomic E-state index is -0.255. The van der Waals surface area contributed by atoms with Gasteiger partial charge in [0, 0.05) is 7.11 Å². The molecule has 0 aromatic carbocycles. The van der Waals surface area contributed by atoms with Crippen molar-refractivity contribution in [3.63, 3.8) is 0 Å². The Labute approximate surface area is 137 Å². The van der Waals surface area contributed by atoms with E-state index in [1.54, 1.807) is 7.11 Å². The van der Waals surface area contributed by atoms with Crippen LogP contribution in [0.3, 0.4) is 0 Å². The molecule has 0 aliphatic carbocycles. The van der Waals surface area contributed by atoms with Crippen molar-refractivity contribution in [3.8, 4) is 0 Å². The van der Waals surface area contributed by atoms with Crippen LogP contribution < -0.4 is 0 Å². The van der Waals surface area contributed by atoms with E-state index in [-0.39, 0.29) is 6.29 Å². The van der Waals surface area contributed by atoms with Gasteiger partial charge in [-0.1, -0.05) is 58.4 Å². The van der Waals surface area contributed by atoms with Crippen molar-refractivity contribution in [2.75, 3.05) is 33.7 Å². The summed E-state index contributed by atoms with van der Waals surface area (Å²) >= 11 is 0. The van der Waals surface area contributed by atoms with Gasteiger partial charge in [-0.05, 0) is 18.9 Å². The lowest BCUT2D eigenvalue weighted by Crippen LogP contribution is -2.16. The normalized spacial score (nSPS) is 11.8. The molecule has 4 nitrogen and oxygen atoms in total. The number of hydrogen-bond acceptors (Lipinski definition) is 4. The van der Waals surface area contributed by atoms with Crippen LogP contribution in [0.4, 0.5) is 0 Å². The molecule has 0 aromatic rings. The average Bonchev–Trinajstić information content (AvgIpc) is 2.53. The molecule has 0 saturated carbocycles. The van der Waals surface area contributed by atoms with Crippen LogP contribution in [-0.4, -0.2) is 40.0 Å². The molecule has 0 amide bonds. The van der Waals surface area contributed by atoms with Crippen LogP contribution in [0, 0.1) is 0 Å². The second-order valence-corrected chi connectivity index (χ2v) is 5.44. The van der Waals surface area contributed by atoms with E-state index in [2.05, 4.69) is 13.8 Å². The summed E-state index contributed by atoms with van der Waals surface area (Å²) in [5, 5.41) is 0. The van der Waals surface area contributed by atoms with Gasteiger partial charge in [0.1, 0.15) is 6.79 Å². The van der Waals surface area contributed by atoms with Gasteiger partial charge in [0.2, 0.25) is 0 Å². The quantitative estimate of drug-likeness (QED) is 0.222. The molecule has 0 atom stereocenters. The Morgan fingerprint density at radius 3 is 1.91 bits per heavy atom. The number of ether oxygens (including phenoxy) is 4. The van der Waals surface area contributed by atoms with Gasteiger partial charge in [-0.2, -0.15) is 0 Å². The van der Waals surface area contributed by atoms with E-state index >= 15 is 0 Å². The topological polar surface area (TPSA) is 36.9 Å². The monoisotopic (exact) mass is 316 g/mol. The molecule has 0 radical (unpaired) electrons. The summed E-state index contributed by atoms with van der Waals surface area (Å²) in [6, 6.07) is 0. The third kappa shape index (κ3) is 16.0. The average molecular weight is 316 g/mol. The van der Waals surface area contributed by atoms with Gasteiger partial charge in [-0.25, -0.2) is 0 Å². The van der Waals surface area contributed by atoms with Gasteiger partial charge in [0.25, 0.3) is 0 Å². The number of rotatable bonds is 17. The predicted octanol–water partition coefficient (Wildman–Crippen LogP) is 4.68. The van der Waals surface area contributed by atoms with Crippen LogP contribution in [0.5, 0.6) is 0 Å². The van der Waals surface area contributed by atoms with E-state index in [0.717, 1.165) is 26.1 Å². The van der Waals surface area contributed by atoms with Crippen LogP contribution in [0.1, 0.15) is 65.2 Å². The first kappa shape index (κ1) is 21.6. The van der Waals surface area contributed by atoms with Crippen LogP contribution >= 0.6 is 0 Å². The molecule has 0 saturated heterocycles. The summed E-state index contributed by atoms with van der Waals surface area (Å²) < 4.78 is 21.7. The molecule has 0 heterocycles. The molecular formula is C18H36O4. The smallest absolute Gasteiger partial charge is 0.176 e. The minimum absolute atomic E-state index is 0.255. The summed E-state index contributed by atoms with van der Waals surface area (Å²) in [6.45, 7) is 6.76.